The number of hydrogen-bond acceptors (Lipinski definition) is 0. The van der Waals surface area contributed by atoms with Gasteiger partial charge in [0.05, 0.1) is 22.1 Å². The van der Waals surface area contributed by atoms with Gasteiger partial charge in [0.2, 0.25) is 0 Å². The standard InChI is InChI=1S/C60H42N2Si/c1-6-20-43(21-7-1)44-36-38-46(39-37-44)61-55-41-40-47(42-53(55)59-51(31-18-33-56(59)61)45-22-8-2-9-23-45)62-54-32-17-16-30-52(54)60-57(62)34-19-35-58(60)63(48-24-10-3-11-25-48,49-26-12-4-13-27-49)50-28-14-5-15-29-50/h1-42H. The average Bonchev–Trinajstić information content (AvgIpc) is 3.89. The maximum Gasteiger partial charge on any atom is 0.180 e. The van der Waals surface area contributed by atoms with E-state index in [0.717, 1.165) is 11.4 Å². The molecule has 2 aromatic heterocycles. The summed E-state index contributed by atoms with van der Waals surface area (Å²) in [5.41, 5.74) is 11.9. The van der Waals surface area contributed by atoms with E-state index >= 15 is 0 Å². The van der Waals surface area contributed by atoms with Crippen LogP contribution in [0.25, 0.3) is 77.2 Å². The SMILES string of the molecule is c1ccc(-c2ccc(-n3c4ccc(-n5c6ccccc6c6c([Si](c7ccccc7)(c7ccccc7)c7ccccc7)cccc65)cc4c4c(-c5ccccc5)cccc43)cc2)cc1. The van der Waals surface area contributed by atoms with Gasteiger partial charge in [-0.2, -0.15) is 0 Å². The van der Waals surface area contributed by atoms with Crippen molar-refractivity contribution in [1.82, 2.24) is 9.13 Å². The van der Waals surface area contributed by atoms with Gasteiger partial charge in [0.15, 0.2) is 8.07 Å². The Hall–Kier alpha value is -7.98. The number of aromatic nitrogens is 2. The zero-order valence-corrected chi connectivity index (χ0v) is 35.6. The molecule has 0 amide bonds. The van der Waals surface area contributed by atoms with Crippen LogP contribution in [0.3, 0.4) is 0 Å². The molecule has 0 saturated carbocycles. The first-order valence-corrected chi connectivity index (χ1v) is 23.8. The van der Waals surface area contributed by atoms with Gasteiger partial charge < -0.3 is 9.13 Å². The van der Waals surface area contributed by atoms with Crippen LogP contribution in [0.5, 0.6) is 0 Å². The summed E-state index contributed by atoms with van der Waals surface area (Å²) in [7, 11) is -2.87. The van der Waals surface area contributed by atoms with Gasteiger partial charge in [-0.3, -0.25) is 0 Å². The van der Waals surface area contributed by atoms with Gasteiger partial charge in [0.25, 0.3) is 0 Å². The molecule has 0 unspecified atom stereocenters. The van der Waals surface area contributed by atoms with Crippen molar-refractivity contribution in [3.8, 4) is 33.6 Å². The second-order valence-electron chi connectivity index (χ2n) is 16.4. The molecule has 0 spiro atoms. The van der Waals surface area contributed by atoms with Crippen molar-refractivity contribution >= 4 is 72.4 Å². The van der Waals surface area contributed by atoms with Crippen molar-refractivity contribution in [2.24, 2.45) is 0 Å². The lowest BCUT2D eigenvalue weighted by molar-refractivity contribution is 1.17. The van der Waals surface area contributed by atoms with Crippen LogP contribution in [-0.4, -0.2) is 17.2 Å². The molecule has 0 atom stereocenters. The largest absolute Gasteiger partial charge is 0.309 e. The molecule has 0 aliphatic rings. The van der Waals surface area contributed by atoms with Crippen molar-refractivity contribution in [3.63, 3.8) is 0 Å². The number of hydrogen-bond donors (Lipinski definition) is 0. The average molecular weight is 819 g/mol. The van der Waals surface area contributed by atoms with Gasteiger partial charge in [-0.05, 0) is 91.5 Å². The lowest BCUT2D eigenvalue weighted by atomic mass is 9.99. The van der Waals surface area contributed by atoms with Gasteiger partial charge in [-0.1, -0.05) is 206 Å². The monoisotopic (exact) mass is 818 g/mol. The first-order valence-electron chi connectivity index (χ1n) is 21.8. The maximum atomic E-state index is 2.51. The summed E-state index contributed by atoms with van der Waals surface area (Å²) in [6.07, 6.45) is 0. The molecule has 2 heterocycles. The molecule has 0 aliphatic heterocycles. The molecule has 0 bridgehead atoms. The van der Waals surface area contributed by atoms with Crippen LogP contribution in [0.1, 0.15) is 0 Å². The van der Waals surface area contributed by atoms with E-state index in [-0.39, 0.29) is 0 Å². The zero-order chi connectivity index (χ0) is 41.7. The van der Waals surface area contributed by atoms with Gasteiger partial charge in [0.1, 0.15) is 0 Å². The molecular formula is C60H42N2Si. The highest BCUT2D eigenvalue weighted by molar-refractivity contribution is 7.20. The Morgan fingerprint density at radius 1 is 0.270 bits per heavy atom. The highest BCUT2D eigenvalue weighted by atomic mass is 28.3. The van der Waals surface area contributed by atoms with Crippen LogP contribution in [0.2, 0.25) is 0 Å². The molecule has 0 aliphatic carbocycles. The summed E-state index contributed by atoms with van der Waals surface area (Å²) in [5, 5.41) is 10.5. The predicted molar refractivity (Wildman–Crippen MR) is 270 cm³/mol. The van der Waals surface area contributed by atoms with E-state index in [4.69, 9.17) is 0 Å². The Kier molecular flexibility index (Phi) is 8.87. The molecule has 3 heteroatoms. The second-order valence-corrected chi connectivity index (χ2v) is 20.2. The molecular weight excluding hydrogens is 777 g/mol. The van der Waals surface area contributed by atoms with E-state index < -0.39 is 8.07 Å². The van der Waals surface area contributed by atoms with Crippen LogP contribution in [-0.2, 0) is 0 Å². The fourth-order valence-electron chi connectivity index (χ4n) is 10.4. The second kappa shape index (κ2) is 15.2. The number of benzene rings is 10. The quantitative estimate of drug-likeness (QED) is 0.107. The Morgan fingerprint density at radius 3 is 1.33 bits per heavy atom. The summed E-state index contributed by atoms with van der Waals surface area (Å²) in [5.74, 6) is 0. The maximum absolute atomic E-state index is 2.87. The lowest BCUT2D eigenvalue weighted by Gasteiger charge is -2.35. The molecule has 12 aromatic rings. The van der Waals surface area contributed by atoms with Crippen molar-refractivity contribution in [2.75, 3.05) is 0 Å². The summed E-state index contributed by atoms with van der Waals surface area (Å²) >= 11 is 0. The minimum Gasteiger partial charge on any atom is -0.309 e. The Balaban J connectivity index is 1.15. The summed E-state index contributed by atoms with van der Waals surface area (Å²) < 4.78 is 4.95. The minimum atomic E-state index is -2.87. The normalized spacial score (nSPS) is 11.8. The van der Waals surface area contributed by atoms with Gasteiger partial charge >= 0.3 is 0 Å². The molecule has 12 rings (SSSR count). The van der Waals surface area contributed by atoms with Gasteiger partial charge in [-0.15, -0.1) is 0 Å². The third kappa shape index (κ3) is 5.85. The third-order valence-corrected chi connectivity index (χ3v) is 17.9. The zero-order valence-electron chi connectivity index (χ0n) is 34.6. The molecule has 0 N–H and O–H groups in total. The van der Waals surface area contributed by atoms with Crippen LogP contribution >= 0.6 is 0 Å². The van der Waals surface area contributed by atoms with Crippen molar-refractivity contribution in [1.29, 1.82) is 0 Å². The molecule has 63 heavy (non-hydrogen) atoms. The molecule has 0 fully saturated rings. The number of nitrogens with zero attached hydrogens (tertiary/aromatic N) is 2. The predicted octanol–water partition coefficient (Wildman–Crippen LogP) is 12.6. The Morgan fingerprint density at radius 2 is 0.714 bits per heavy atom. The number of rotatable bonds is 8. The molecule has 2 nitrogen and oxygen atoms in total. The fraction of sp³-hybridized carbons (Fsp3) is 0. The number of fused-ring (bicyclic) bond motifs is 6. The van der Waals surface area contributed by atoms with E-state index in [1.165, 1.54) is 86.6 Å². The van der Waals surface area contributed by atoms with Crippen LogP contribution in [0.15, 0.2) is 255 Å². The Labute approximate surface area is 368 Å². The van der Waals surface area contributed by atoms with Crippen LogP contribution in [0, 0.1) is 0 Å². The minimum absolute atomic E-state index is 1.14. The highest BCUT2D eigenvalue weighted by Gasteiger charge is 2.43. The van der Waals surface area contributed by atoms with E-state index in [0.29, 0.717) is 0 Å². The van der Waals surface area contributed by atoms with E-state index in [1.807, 2.05) is 0 Å². The van der Waals surface area contributed by atoms with Gasteiger partial charge in [-0.25, -0.2) is 0 Å². The first-order chi connectivity index (χ1) is 31.3. The third-order valence-electron chi connectivity index (χ3n) is 13.1. The number of para-hydroxylation sites is 1. The van der Waals surface area contributed by atoms with Crippen LogP contribution < -0.4 is 20.7 Å². The summed E-state index contributed by atoms with van der Waals surface area (Å²) in [6.45, 7) is 0. The molecule has 0 saturated heterocycles. The first kappa shape index (κ1) is 36.8. The highest BCUT2D eigenvalue weighted by Crippen LogP contribution is 2.41. The molecule has 296 valence electrons. The molecule has 10 aromatic carbocycles. The smallest absolute Gasteiger partial charge is 0.180 e. The van der Waals surface area contributed by atoms with E-state index in [9.17, 15) is 0 Å². The summed E-state index contributed by atoms with van der Waals surface area (Å²) in [6, 6.07) is 94.2. The topological polar surface area (TPSA) is 9.86 Å². The Bertz CT molecular complexity index is 3480. The molecule has 0 radical (unpaired) electrons. The lowest BCUT2D eigenvalue weighted by Crippen LogP contribution is -2.74. The van der Waals surface area contributed by atoms with Crippen molar-refractivity contribution in [2.45, 2.75) is 0 Å². The van der Waals surface area contributed by atoms with E-state index in [1.54, 1.807) is 0 Å². The van der Waals surface area contributed by atoms with E-state index in [2.05, 4.69) is 264 Å². The summed E-state index contributed by atoms with van der Waals surface area (Å²) in [4.78, 5) is 0. The van der Waals surface area contributed by atoms with Crippen molar-refractivity contribution < 1.29 is 0 Å². The van der Waals surface area contributed by atoms with Gasteiger partial charge in [0, 0.05) is 32.9 Å². The van der Waals surface area contributed by atoms with Crippen molar-refractivity contribution in [3.05, 3.63) is 255 Å². The van der Waals surface area contributed by atoms with Crippen LogP contribution in [0.4, 0.5) is 0 Å². The fourth-order valence-corrected chi connectivity index (χ4v) is 15.4.